The first-order valence-corrected chi connectivity index (χ1v) is 6.44. The Morgan fingerprint density at radius 2 is 1.61 bits per heavy atom. The standard InChI is InChI=1S/C14H23NO3/c1-9(10(2)13(17)18)12(16)15-11-5-7-14(3,4)8-6-11/h11H,5-8H2,1-4H3,(H,15,16)(H,17,18). The summed E-state index contributed by atoms with van der Waals surface area (Å²) in [6, 6.07) is 0.182. The van der Waals surface area contributed by atoms with Gasteiger partial charge in [-0.1, -0.05) is 13.8 Å². The fourth-order valence-corrected chi connectivity index (χ4v) is 2.17. The summed E-state index contributed by atoms with van der Waals surface area (Å²) in [6.45, 7) is 7.50. The number of carboxylic acids is 1. The summed E-state index contributed by atoms with van der Waals surface area (Å²) in [5, 5.41) is 11.8. The van der Waals surface area contributed by atoms with Gasteiger partial charge in [0.1, 0.15) is 0 Å². The van der Waals surface area contributed by atoms with E-state index in [4.69, 9.17) is 5.11 Å². The van der Waals surface area contributed by atoms with Crippen molar-refractivity contribution >= 4 is 11.9 Å². The van der Waals surface area contributed by atoms with Crippen LogP contribution >= 0.6 is 0 Å². The maximum atomic E-state index is 11.9. The highest BCUT2D eigenvalue weighted by atomic mass is 16.4. The molecule has 4 nitrogen and oxygen atoms in total. The molecular weight excluding hydrogens is 230 g/mol. The number of carboxylic acid groups (broad SMARTS) is 1. The minimum absolute atomic E-state index is 0.114. The third-order valence-corrected chi connectivity index (χ3v) is 3.90. The summed E-state index contributed by atoms with van der Waals surface area (Å²) in [6.07, 6.45) is 4.13. The van der Waals surface area contributed by atoms with E-state index in [0.717, 1.165) is 25.7 Å². The molecule has 0 aliphatic heterocycles. The lowest BCUT2D eigenvalue weighted by Gasteiger charge is -2.34. The van der Waals surface area contributed by atoms with Gasteiger partial charge in [-0.2, -0.15) is 0 Å². The fourth-order valence-electron chi connectivity index (χ4n) is 2.17. The molecule has 2 N–H and O–H groups in total. The molecule has 1 aliphatic rings. The highest BCUT2D eigenvalue weighted by Crippen LogP contribution is 2.35. The average Bonchev–Trinajstić information content (AvgIpc) is 2.29. The lowest BCUT2D eigenvalue weighted by Crippen LogP contribution is -2.40. The summed E-state index contributed by atoms with van der Waals surface area (Å²) < 4.78 is 0. The molecular formula is C14H23NO3. The molecule has 1 aliphatic carbocycles. The van der Waals surface area contributed by atoms with Crippen LogP contribution in [0.25, 0.3) is 0 Å². The van der Waals surface area contributed by atoms with E-state index in [0.29, 0.717) is 11.0 Å². The van der Waals surface area contributed by atoms with Crippen molar-refractivity contribution in [2.45, 2.75) is 59.4 Å². The number of rotatable bonds is 3. The van der Waals surface area contributed by atoms with Crippen LogP contribution < -0.4 is 5.32 Å². The molecule has 102 valence electrons. The molecule has 1 fully saturated rings. The number of nitrogens with one attached hydrogen (secondary N) is 1. The zero-order chi connectivity index (χ0) is 13.9. The normalized spacial score (nSPS) is 21.1. The zero-order valence-electron chi connectivity index (χ0n) is 11.7. The Balaban J connectivity index is 2.57. The van der Waals surface area contributed by atoms with Crippen LogP contribution in [0.2, 0.25) is 0 Å². The number of aliphatic carboxylic acids is 1. The Hall–Kier alpha value is -1.32. The molecule has 0 bridgehead atoms. The second-order valence-corrected chi connectivity index (χ2v) is 5.97. The third-order valence-electron chi connectivity index (χ3n) is 3.90. The van der Waals surface area contributed by atoms with Gasteiger partial charge in [0.2, 0.25) is 5.91 Å². The van der Waals surface area contributed by atoms with Gasteiger partial charge < -0.3 is 10.4 Å². The second-order valence-electron chi connectivity index (χ2n) is 5.97. The molecule has 0 heterocycles. The van der Waals surface area contributed by atoms with Crippen LogP contribution in [0.1, 0.15) is 53.4 Å². The number of carbonyl (C=O) groups excluding carboxylic acids is 1. The molecule has 0 atom stereocenters. The number of hydrogen-bond acceptors (Lipinski definition) is 2. The maximum Gasteiger partial charge on any atom is 0.331 e. The summed E-state index contributed by atoms with van der Waals surface area (Å²) >= 11 is 0. The molecule has 0 radical (unpaired) electrons. The highest BCUT2D eigenvalue weighted by molar-refractivity contribution is 6.01. The molecule has 18 heavy (non-hydrogen) atoms. The van der Waals surface area contributed by atoms with Crippen LogP contribution in [0.15, 0.2) is 11.1 Å². The van der Waals surface area contributed by atoms with Gasteiger partial charge in [-0.05, 0) is 44.9 Å². The van der Waals surface area contributed by atoms with Crippen molar-refractivity contribution in [3.05, 3.63) is 11.1 Å². The number of amides is 1. The van der Waals surface area contributed by atoms with E-state index < -0.39 is 5.97 Å². The van der Waals surface area contributed by atoms with Crippen LogP contribution in [0.3, 0.4) is 0 Å². The Labute approximate surface area is 108 Å². The lowest BCUT2D eigenvalue weighted by molar-refractivity contribution is -0.133. The van der Waals surface area contributed by atoms with Crippen molar-refractivity contribution in [3.8, 4) is 0 Å². The quantitative estimate of drug-likeness (QED) is 0.759. The minimum atomic E-state index is -1.03. The highest BCUT2D eigenvalue weighted by Gasteiger charge is 2.28. The van der Waals surface area contributed by atoms with Gasteiger partial charge in [-0.25, -0.2) is 4.79 Å². The van der Waals surface area contributed by atoms with E-state index >= 15 is 0 Å². The van der Waals surface area contributed by atoms with Crippen LogP contribution in [-0.2, 0) is 9.59 Å². The molecule has 1 saturated carbocycles. The van der Waals surface area contributed by atoms with Crippen LogP contribution in [0, 0.1) is 5.41 Å². The molecule has 0 aromatic rings. The molecule has 1 amide bonds. The predicted octanol–water partition coefficient (Wildman–Crippen LogP) is 2.49. The van der Waals surface area contributed by atoms with Gasteiger partial charge in [0.05, 0.1) is 0 Å². The summed E-state index contributed by atoms with van der Waals surface area (Å²) in [5.74, 6) is -1.29. The Morgan fingerprint density at radius 3 is 2.06 bits per heavy atom. The number of carbonyl (C=O) groups is 2. The molecule has 4 heteroatoms. The van der Waals surface area contributed by atoms with Crippen molar-refractivity contribution in [2.75, 3.05) is 0 Å². The van der Waals surface area contributed by atoms with Gasteiger partial charge in [-0.15, -0.1) is 0 Å². The third kappa shape index (κ3) is 3.86. The monoisotopic (exact) mass is 253 g/mol. The van der Waals surface area contributed by atoms with Crippen LogP contribution in [-0.4, -0.2) is 23.0 Å². The maximum absolute atomic E-state index is 11.9. The topological polar surface area (TPSA) is 66.4 Å². The molecule has 0 saturated heterocycles. The van der Waals surface area contributed by atoms with Crippen LogP contribution in [0.5, 0.6) is 0 Å². The SMILES string of the molecule is CC(C(=O)O)=C(C)C(=O)NC1CCC(C)(C)CC1. The summed E-state index contributed by atoms with van der Waals surface area (Å²) in [7, 11) is 0. The molecule has 0 aromatic carbocycles. The molecule has 0 aromatic heterocycles. The van der Waals surface area contributed by atoms with Crippen molar-refractivity contribution < 1.29 is 14.7 Å². The van der Waals surface area contributed by atoms with Gasteiger partial charge in [0.15, 0.2) is 0 Å². The van der Waals surface area contributed by atoms with E-state index in [-0.39, 0.29) is 17.5 Å². The van der Waals surface area contributed by atoms with Gasteiger partial charge in [0, 0.05) is 17.2 Å². The zero-order valence-corrected chi connectivity index (χ0v) is 11.7. The van der Waals surface area contributed by atoms with Crippen molar-refractivity contribution in [2.24, 2.45) is 5.41 Å². The first-order valence-electron chi connectivity index (χ1n) is 6.44. The largest absolute Gasteiger partial charge is 0.478 e. The van der Waals surface area contributed by atoms with E-state index in [1.807, 2.05) is 0 Å². The van der Waals surface area contributed by atoms with E-state index in [2.05, 4.69) is 19.2 Å². The van der Waals surface area contributed by atoms with E-state index in [1.165, 1.54) is 6.92 Å². The fraction of sp³-hybridized carbons (Fsp3) is 0.714. The molecule has 1 rings (SSSR count). The minimum Gasteiger partial charge on any atom is -0.478 e. The smallest absolute Gasteiger partial charge is 0.331 e. The van der Waals surface area contributed by atoms with E-state index in [1.54, 1.807) is 6.92 Å². The second kappa shape index (κ2) is 5.55. The number of hydrogen-bond donors (Lipinski definition) is 2. The van der Waals surface area contributed by atoms with E-state index in [9.17, 15) is 9.59 Å². The van der Waals surface area contributed by atoms with Gasteiger partial charge in [-0.3, -0.25) is 4.79 Å². The predicted molar refractivity (Wildman–Crippen MR) is 70.2 cm³/mol. The summed E-state index contributed by atoms with van der Waals surface area (Å²) in [4.78, 5) is 22.7. The first kappa shape index (κ1) is 14.7. The van der Waals surface area contributed by atoms with Crippen molar-refractivity contribution in [3.63, 3.8) is 0 Å². The molecule has 0 unspecified atom stereocenters. The van der Waals surface area contributed by atoms with Gasteiger partial charge >= 0.3 is 5.97 Å². The van der Waals surface area contributed by atoms with Crippen molar-refractivity contribution in [1.82, 2.24) is 5.32 Å². The van der Waals surface area contributed by atoms with Gasteiger partial charge in [0.25, 0.3) is 0 Å². The van der Waals surface area contributed by atoms with Crippen LogP contribution in [0.4, 0.5) is 0 Å². The Kier molecular flexibility index (Phi) is 4.54. The lowest BCUT2D eigenvalue weighted by atomic mass is 9.75. The first-order chi connectivity index (χ1) is 8.23. The average molecular weight is 253 g/mol. The Bertz CT molecular complexity index is 373. The Morgan fingerprint density at radius 1 is 1.11 bits per heavy atom. The summed E-state index contributed by atoms with van der Waals surface area (Å²) in [5.41, 5.74) is 0.777. The molecule has 0 spiro atoms. The van der Waals surface area contributed by atoms with Crippen molar-refractivity contribution in [1.29, 1.82) is 0 Å².